The number of hydrogen-bond acceptors (Lipinski definition) is 6. The predicted molar refractivity (Wildman–Crippen MR) is 126 cm³/mol. The summed E-state index contributed by atoms with van der Waals surface area (Å²) in [6, 6.07) is 8.80. The quantitative estimate of drug-likeness (QED) is 0.533. The molecule has 0 saturated heterocycles. The number of rotatable bonds is 4. The Morgan fingerprint density at radius 3 is 2.67 bits per heavy atom. The van der Waals surface area contributed by atoms with Gasteiger partial charge in [-0.25, -0.2) is 9.59 Å². The van der Waals surface area contributed by atoms with Gasteiger partial charge in [0.1, 0.15) is 23.7 Å². The Morgan fingerprint density at radius 1 is 1.15 bits per heavy atom. The number of nitrogens with zero attached hydrogens (tertiary/aromatic N) is 1. The molecule has 0 aromatic heterocycles. The summed E-state index contributed by atoms with van der Waals surface area (Å²) in [6.45, 7) is 6.82. The summed E-state index contributed by atoms with van der Waals surface area (Å²) >= 11 is 3.62. The summed E-state index contributed by atoms with van der Waals surface area (Å²) in [5.74, 6) is 1.10. The molecule has 33 heavy (non-hydrogen) atoms. The minimum atomic E-state index is -0.856. The molecule has 8 heteroatoms. The van der Waals surface area contributed by atoms with Crippen LogP contribution in [0.25, 0.3) is 0 Å². The highest BCUT2D eigenvalue weighted by Gasteiger charge is 2.39. The van der Waals surface area contributed by atoms with Crippen molar-refractivity contribution in [1.82, 2.24) is 4.90 Å². The molecule has 2 aromatic rings. The molecule has 2 aliphatic heterocycles. The van der Waals surface area contributed by atoms with Crippen molar-refractivity contribution < 1.29 is 28.5 Å². The number of esters is 1. The van der Waals surface area contributed by atoms with Crippen LogP contribution in [0.1, 0.15) is 49.1 Å². The number of benzene rings is 2. The molecule has 0 saturated carbocycles. The third-order valence-electron chi connectivity index (χ3n) is 5.65. The number of hydrogen-bond donors (Lipinski definition) is 0. The van der Waals surface area contributed by atoms with E-state index in [9.17, 15) is 9.59 Å². The molecular weight excluding hydrogens is 490 g/mol. The largest absolute Gasteiger partial charge is 0.493 e. The van der Waals surface area contributed by atoms with Crippen LogP contribution in [0.5, 0.6) is 11.5 Å². The Kier molecular flexibility index (Phi) is 6.56. The number of fused-ring (bicyclic) bond motifs is 2. The Bertz CT molecular complexity index is 1080. The van der Waals surface area contributed by atoms with E-state index in [4.69, 9.17) is 18.9 Å². The number of amides is 1. The van der Waals surface area contributed by atoms with Crippen LogP contribution < -0.4 is 9.47 Å². The Hall–Kier alpha value is -2.74. The zero-order valence-electron chi connectivity index (χ0n) is 19.3. The zero-order chi connectivity index (χ0) is 23.8. The van der Waals surface area contributed by atoms with Gasteiger partial charge in [-0.15, -0.1) is 0 Å². The van der Waals surface area contributed by atoms with Crippen molar-refractivity contribution in [1.29, 1.82) is 0 Å². The molecule has 0 aliphatic carbocycles. The van der Waals surface area contributed by atoms with Gasteiger partial charge in [-0.1, -0.05) is 22.0 Å². The van der Waals surface area contributed by atoms with Crippen molar-refractivity contribution in [2.24, 2.45) is 0 Å². The first-order chi connectivity index (χ1) is 15.7. The molecule has 0 fully saturated rings. The van der Waals surface area contributed by atoms with Crippen LogP contribution >= 0.6 is 15.9 Å². The van der Waals surface area contributed by atoms with Gasteiger partial charge >= 0.3 is 12.1 Å². The van der Waals surface area contributed by atoms with Gasteiger partial charge in [0.05, 0.1) is 13.7 Å². The molecule has 1 amide bonds. The van der Waals surface area contributed by atoms with Crippen molar-refractivity contribution in [3.63, 3.8) is 0 Å². The maximum absolute atomic E-state index is 12.7. The standard InChI is InChI=1S/C25H28BrNO6/c1-25(2,3)33-24(29)27-9-7-15-11-18(5-6-19(15)22(27)23(28)30-4)32-14-17-13-21-16(8-10-31-21)12-20(17)26/h5-6,11-13,22H,7-10,14H2,1-4H3/t22-/m1/s1. The molecule has 0 N–H and O–H groups in total. The number of halogens is 1. The van der Waals surface area contributed by atoms with E-state index in [-0.39, 0.29) is 0 Å². The van der Waals surface area contributed by atoms with Crippen LogP contribution in [0.2, 0.25) is 0 Å². The first kappa shape index (κ1) is 23.4. The van der Waals surface area contributed by atoms with Gasteiger partial charge < -0.3 is 18.9 Å². The maximum atomic E-state index is 12.7. The molecule has 7 nitrogen and oxygen atoms in total. The van der Waals surface area contributed by atoms with Gasteiger partial charge in [0, 0.05) is 23.0 Å². The lowest BCUT2D eigenvalue weighted by Crippen LogP contribution is -2.46. The van der Waals surface area contributed by atoms with Gasteiger partial charge in [0.2, 0.25) is 0 Å². The molecule has 2 heterocycles. The molecule has 1 atom stereocenters. The normalized spacial score (nSPS) is 17.0. The summed E-state index contributed by atoms with van der Waals surface area (Å²) in [5, 5.41) is 0. The van der Waals surface area contributed by atoms with E-state index >= 15 is 0 Å². The molecule has 0 unspecified atom stereocenters. The molecule has 176 valence electrons. The summed E-state index contributed by atoms with van der Waals surface area (Å²) in [7, 11) is 1.32. The second-order valence-electron chi connectivity index (χ2n) is 9.15. The lowest BCUT2D eigenvalue weighted by Gasteiger charge is -2.36. The predicted octanol–water partition coefficient (Wildman–Crippen LogP) is 4.97. The third kappa shape index (κ3) is 5.11. The fourth-order valence-electron chi connectivity index (χ4n) is 4.09. The van der Waals surface area contributed by atoms with Crippen LogP contribution in [-0.4, -0.2) is 42.8 Å². The topological polar surface area (TPSA) is 74.3 Å². The van der Waals surface area contributed by atoms with E-state index in [2.05, 4.69) is 22.0 Å². The minimum absolute atomic E-state index is 0.346. The summed E-state index contributed by atoms with van der Waals surface area (Å²) < 4.78 is 23.2. The second-order valence-corrected chi connectivity index (χ2v) is 10.0. The fraction of sp³-hybridized carbons (Fsp3) is 0.440. The first-order valence-corrected chi connectivity index (χ1v) is 11.7. The molecule has 2 aromatic carbocycles. The molecule has 0 bridgehead atoms. The Balaban J connectivity index is 1.53. The Morgan fingerprint density at radius 2 is 1.94 bits per heavy atom. The van der Waals surface area contributed by atoms with Crippen molar-refractivity contribution in [3.8, 4) is 11.5 Å². The lowest BCUT2D eigenvalue weighted by molar-refractivity contribution is -0.147. The molecule has 0 radical (unpaired) electrons. The van der Waals surface area contributed by atoms with Gasteiger partial charge in [0.25, 0.3) is 0 Å². The smallest absolute Gasteiger partial charge is 0.411 e. The minimum Gasteiger partial charge on any atom is -0.493 e. The average molecular weight is 518 g/mol. The van der Waals surface area contributed by atoms with E-state index in [0.29, 0.717) is 31.9 Å². The van der Waals surface area contributed by atoms with E-state index in [1.807, 2.05) is 24.3 Å². The lowest BCUT2D eigenvalue weighted by atomic mass is 9.92. The number of carbonyl (C=O) groups excluding carboxylic acids is 2. The van der Waals surface area contributed by atoms with Crippen molar-refractivity contribution in [3.05, 3.63) is 57.1 Å². The van der Waals surface area contributed by atoms with Gasteiger partial charge in [-0.05, 0) is 68.1 Å². The maximum Gasteiger partial charge on any atom is 0.411 e. The monoisotopic (exact) mass is 517 g/mol. The van der Waals surface area contributed by atoms with Gasteiger partial charge in [-0.3, -0.25) is 4.90 Å². The van der Waals surface area contributed by atoms with E-state index < -0.39 is 23.7 Å². The van der Waals surface area contributed by atoms with Crippen LogP contribution in [0.4, 0.5) is 4.79 Å². The van der Waals surface area contributed by atoms with Crippen molar-refractivity contribution in [2.75, 3.05) is 20.3 Å². The average Bonchev–Trinajstić information content (AvgIpc) is 3.21. The van der Waals surface area contributed by atoms with E-state index in [1.54, 1.807) is 20.8 Å². The highest BCUT2D eigenvalue weighted by atomic mass is 79.9. The Labute approximate surface area is 202 Å². The number of methoxy groups -OCH3 is 1. The van der Waals surface area contributed by atoms with Crippen LogP contribution in [0, 0.1) is 0 Å². The summed E-state index contributed by atoms with van der Waals surface area (Å²) in [6.07, 6.45) is 0.963. The van der Waals surface area contributed by atoms with E-state index in [1.165, 1.54) is 17.6 Å². The van der Waals surface area contributed by atoms with Gasteiger partial charge in [-0.2, -0.15) is 0 Å². The molecule has 4 rings (SSSR count). The molecule has 2 aliphatic rings. The van der Waals surface area contributed by atoms with Crippen LogP contribution in [0.15, 0.2) is 34.8 Å². The van der Waals surface area contributed by atoms with Gasteiger partial charge in [0.15, 0.2) is 6.04 Å². The highest BCUT2D eigenvalue weighted by Crippen LogP contribution is 2.35. The summed E-state index contributed by atoms with van der Waals surface area (Å²) in [4.78, 5) is 26.8. The van der Waals surface area contributed by atoms with Crippen LogP contribution in [0.3, 0.4) is 0 Å². The SMILES string of the molecule is COC(=O)[C@H]1c2ccc(OCc3cc4c(cc3Br)CCO4)cc2CCN1C(=O)OC(C)(C)C. The number of carbonyl (C=O) groups is 2. The second kappa shape index (κ2) is 9.25. The van der Waals surface area contributed by atoms with Crippen LogP contribution in [-0.2, 0) is 33.7 Å². The number of ether oxygens (including phenoxy) is 4. The zero-order valence-corrected chi connectivity index (χ0v) is 20.9. The van der Waals surface area contributed by atoms with Crippen molar-refractivity contribution in [2.45, 2.75) is 51.9 Å². The summed E-state index contributed by atoms with van der Waals surface area (Å²) in [5.41, 5.74) is 3.20. The molecule has 0 spiro atoms. The third-order valence-corrected chi connectivity index (χ3v) is 6.39. The first-order valence-electron chi connectivity index (χ1n) is 10.9. The highest BCUT2D eigenvalue weighted by molar-refractivity contribution is 9.10. The van der Waals surface area contributed by atoms with Crippen molar-refractivity contribution >= 4 is 28.0 Å². The fourth-order valence-corrected chi connectivity index (χ4v) is 4.59. The van der Waals surface area contributed by atoms with E-state index in [0.717, 1.165) is 33.3 Å². The molecular formula is C25H28BrNO6.